The molecule has 5 heteroatoms. The second kappa shape index (κ2) is 7.38. The number of ketones is 1. The van der Waals surface area contributed by atoms with Crippen LogP contribution < -0.4 is 0 Å². The number of benzene rings is 1. The monoisotopic (exact) mass is 334 g/mol. The smallest absolute Gasteiger partial charge is 0.331 e. The summed E-state index contributed by atoms with van der Waals surface area (Å²) < 4.78 is 5.12. The predicted molar refractivity (Wildman–Crippen MR) is 89.4 cm³/mol. The first-order valence-electron chi connectivity index (χ1n) is 6.70. The van der Waals surface area contributed by atoms with Gasteiger partial charge in [0.15, 0.2) is 6.10 Å². The molecule has 0 bridgehead atoms. The summed E-state index contributed by atoms with van der Waals surface area (Å²) >= 11 is 7.36. The lowest BCUT2D eigenvalue weighted by Crippen LogP contribution is -2.23. The Morgan fingerprint density at radius 2 is 1.86 bits per heavy atom. The van der Waals surface area contributed by atoms with Crippen LogP contribution in [0.25, 0.3) is 6.08 Å². The summed E-state index contributed by atoms with van der Waals surface area (Å²) in [5.41, 5.74) is 0.461. The lowest BCUT2D eigenvalue weighted by molar-refractivity contribution is -0.140. The van der Waals surface area contributed by atoms with Crippen LogP contribution in [0.1, 0.15) is 27.0 Å². The van der Waals surface area contributed by atoms with Gasteiger partial charge < -0.3 is 4.74 Å². The summed E-state index contributed by atoms with van der Waals surface area (Å²) in [6.45, 7) is 3.55. The van der Waals surface area contributed by atoms with Crippen LogP contribution in [0.3, 0.4) is 0 Å². The molecule has 2 aromatic rings. The Labute approximate surface area is 138 Å². The van der Waals surface area contributed by atoms with E-state index in [-0.39, 0.29) is 5.78 Å². The van der Waals surface area contributed by atoms with Crippen LogP contribution in [0.4, 0.5) is 0 Å². The topological polar surface area (TPSA) is 43.4 Å². The van der Waals surface area contributed by atoms with Gasteiger partial charge in [0.2, 0.25) is 5.78 Å². The van der Waals surface area contributed by atoms with Crippen molar-refractivity contribution in [1.82, 2.24) is 0 Å². The fraction of sp³-hybridized carbons (Fsp3) is 0.176. The summed E-state index contributed by atoms with van der Waals surface area (Å²) in [7, 11) is 0. The fourth-order valence-electron chi connectivity index (χ4n) is 1.81. The highest BCUT2D eigenvalue weighted by atomic mass is 35.5. The third-order valence-corrected chi connectivity index (χ3v) is 4.15. The zero-order valence-corrected chi connectivity index (χ0v) is 13.8. The van der Waals surface area contributed by atoms with Gasteiger partial charge in [0.25, 0.3) is 0 Å². The third kappa shape index (κ3) is 4.55. The molecule has 0 unspecified atom stereocenters. The molecule has 0 amide bonds. The number of hydrogen-bond acceptors (Lipinski definition) is 4. The van der Waals surface area contributed by atoms with Gasteiger partial charge in [0, 0.05) is 26.4 Å². The second-order valence-electron chi connectivity index (χ2n) is 4.73. The van der Waals surface area contributed by atoms with Crippen molar-refractivity contribution >= 4 is 40.8 Å². The molecule has 0 aliphatic carbocycles. The summed E-state index contributed by atoms with van der Waals surface area (Å²) in [5, 5.41) is 0.551. The maximum atomic E-state index is 12.1. The number of rotatable bonds is 5. The van der Waals surface area contributed by atoms with Gasteiger partial charge in [-0.3, -0.25) is 4.79 Å². The van der Waals surface area contributed by atoms with E-state index < -0.39 is 12.1 Å². The van der Waals surface area contributed by atoms with E-state index >= 15 is 0 Å². The lowest BCUT2D eigenvalue weighted by atomic mass is 10.1. The molecule has 3 nitrogen and oxygen atoms in total. The molecular formula is C17H15ClO3S. The highest BCUT2D eigenvalue weighted by Crippen LogP contribution is 2.17. The molecule has 0 saturated carbocycles. The molecule has 0 spiro atoms. The number of Topliss-reactive ketones (excluding diaryl/α,β-unsaturated/α-hetero) is 1. The van der Waals surface area contributed by atoms with Crippen molar-refractivity contribution in [3.63, 3.8) is 0 Å². The highest BCUT2D eigenvalue weighted by Gasteiger charge is 2.18. The van der Waals surface area contributed by atoms with Crippen molar-refractivity contribution in [2.75, 3.05) is 0 Å². The van der Waals surface area contributed by atoms with E-state index in [9.17, 15) is 9.59 Å². The minimum Gasteiger partial charge on any atom is -0.451 e. The number of carbonyl (C=O) groups excluding carboxylic acids is 2. The largest absolute Gasteiger partial charge is 0.451 e. The molecule has 0 aliphatic heterocycles. The van der Waals surface area contributed by atoms with Crippen LogP contribution in [0.5, 0.6) is 0 Å². The van der Waals surface area contributed by atoms with Crippen molar-refractivity contribution in [3.8, 4) is 0 Å². The van der Waals surface area contributed by atoms with Crippen molar-refractivity contribution in [2.24, 2.45) is 0 Å². The van der Waals surface area contributed by atoms with Crippen molar-refractivity contribution in [1.29, 1.82) is 0 Å². The number of ether oxygens (including phenoxy) is 1. The van der Waals surface area contributed by atoms with Crippen LogP contribution in [0.2, 0.25) is 5.02 Å². The molecule has 0 radical (unpaired) electrons. The van der Waals surface area contributed by atoms with Gasteiger partial charge in [-0.1, -0.05) is 11.6 Å². The van der Waals surface area contributed by atoms with Crippen molar-refractivity contribution in [2.45, 2.75) is 20.0 Å². The first-order chi connectivity index (χ1) is 10.5. The molecule has 1 aromatic carbocycles. The van der Waals surface area contributed by atoms with Crippen molar-refractivity contribution in [3.05, 3.63) is 62.8 Å². The van der Waals surface area contributed by atoms with Gasteiger partial charge in [-0.2, -0.15) is 0 Å². The zero-order chi connectivity index (χ0) is 16.1. The van der Waals surface area contributed by atoms with E-state index in [1.165, 1.54) is 11.0 Å². The summed E-state index contributed by atoms with van der Waals surface area (Å²) in [5.74, 6) is -0.800. The van der Waals surface area contributed by atoms with E-state index in [1.807, 2.05) is 19.1 Å². The minimum atomic E-state index is -0.844. The second-order valence-corrected chi connectivity index (χ2v) is 6.49. The van der Waals surface area contributed by atoms with Crippen molar-refractivity contribution < 1.29 is 14.3 Å². The number of halogens is 1. The molecular weight excluding hydrogens is 320 g/mol. The normalized spacial score (nSPS) is 12.3. The lowest BCUT2D eigenvalue weighted by Gasteiger charge is -2.10. The zero-order valence-electron chi connectivity index (χ0n) is 12.2. The quantitative estimate of drug-likeness (QED) is 0.458. The molecule has 0 aliphatic rings. The third-order valence-electron chi connectivity index (χ3n) is 2.94. The number of esters is 1. The molecule has 2 rings (SSSR count). The van der Waals surface area contributed by atoms with E-state index in [0.717, 1.165) is 4.88 Å². The van der Waals surface area contributed by atoms with Crippen LogP contribution in [0, 0.1) is 6.92 Å². The Bertz CT molecular complexity index is 701. The molecule has 1 heterocycles. The Hall–Kier alpha value is -1.91. The Kier molecular flexibility index (Phi) is 5.52. The van der Waals surface area contributed by atoms with Crippen LogP contribution >= 0.6 is 22.9 Å². The number of hydrogen-bond donors (Lipinski definition) is 0. The van der Waals surface area contributed by atoms with Crippen LogP contribution in [-0.4, -0.2) is 17.9 Å². The predicted octanol–water partition coefficient (Wildman–Crippen LogP) is 4.54. The van der Waals surface area contributed by atoms with Gasteiger partial charge in [-0.25, -0.2) is 4.79 Å². The first kappa shape index (κ1) is 16.5. The Morgan fingerprint density at radius 3 is 2.45 bits per heavy atom. The number of aryl methyl sites for hydroxylation is 1. The van der Waals surface area contributed by atoms with Gasteiger partial charge in [-0.05, 0) is 56.3 Å². The molecule has 0 N–H and O–H groups in total. The average molecular weight is 335 g/mol. The molecule has 1 aromatic heterocycles. The Morgan fingerprint density at radius 1 is 1.18 bits per heavy atom. The maximum absolute atomic E-state index is 12.1. The van der Waals surface area contributed by atoms with Crippen LogP contribution in [0.15, 0.2) is 42.5 Å². The van der Waals surface area contributed by atoms with E-state index in [0.29, 0.717) is 10.6 Å². The first-order valence-corrected chi connectivity index (χ1v) is 7.90. The summed E-state index contributed by atoms with van der Waals surface area (Å²) in [4.78, 5) is 26.0. The van der Waals surface area contributed by atoms with Gasteiger partial charge >= 0.3 is 5.97 Å². The van der Waals surface area contributed by atoms with Gasteiger partial charge in [0.1, 0.15) is 0 Å². The number of carbonyl (C=O) groups is 2. The molecule has 114 valence electrons. The average Bonchev–Trinajstić information content (AvgIpc) is 2.91. The SMILES string of the molecule is Cc1ccc(/C=C/C(=O)O[C@@H](C)C(=O)c2ccc(Cl)cc2)s1. The number of thiophene rings is 1. The van der Waals surface area contributed by atoms with Gasteiger partial charge in [-0.15, -0.1) is 11.3 Å². The fourth-order valence-corrected chi connectivity index (χ4v) is 2.72. The standard InChI is InChI=1S/C17H15ClO3S/c1-11-3-8-15(22-11)9-10-16(19)21-12(2)17(20)13-4-6-14(18)7-5-13/h3-10,12H,1-2H3/b10-9+/t12-/m0/s1. The molecule has 1 atom stereocenters. The summed E-state index contributed by atoms with van der Waals surface area (Å²) in [6.07, 6.45) is 2.17. The maximum Gasteiger partial charge on any atom is 0.331 e. The minimum absolute atomic E-state index is 0.259. The Balaban J connectivity index is 1.94. The van der Waals surface area contributed by atoms with Gasteiger partial charge in [0.05, 0.1) is 0 Å². The molecule has 0 saturated heterocycles. The van der Waals surface area contributed by atoms with E-state index in [2.05, 4.69) is 0 Å². The highest BCUT2D eigenvalue weighted by molar-refractivity contribution is 7.12. The summed E-state index contributed by atoms with van der Waals surface area (Å²) in [6, 6.07) is 10.4. The van der Waals surface area contributed by atoms with E-state index in [4.69, 9.17) is 16.3 Å². The van der Waals surface area contributed by atoms with E-state index in [1.54, 1.807) is 48.6 Å². The molecule has 22 heavy (non-hydrogen) atoms. The molecule has 0 fully saturated rings. The van der Waals surface area contributed by atoms with Crippen LogP contribution in [-0.2, 0) is 9.53 Å².